The molecule has 0 aliphatic carbocycles. The number of hydrogen-bond acceptors (Lipinski definition) is 5. The third-order valence-electron chi connectivity index (χ3n) is 2.91. The van der Waals surface area contributed by atoms with Crippen molar-refractivity contribution in [1.82, 2.24) is 25.5 Å². The molecular weight excluding hydrogens is 261 g/mol. The van der Waals surface area contributed by atoms with Gasteiger partial charge in [-0.1, -0.05) is 0 Å². The fourth-order valence-corrected chi connectivity index (χ4v) is 1.96. The SMILES string of the molecule is COCCNC(C)c1nnnn1-c1cc(C)cc(F)c1. The molecule has 1 aromatic carbocycles. The third-order valence-corrected chi connectivity index (χ3v) is 2.91. The van der Waals surface area contributed by atoms with E-state index in [2.05, 4.69) is 20.8 Å². The number of hydrogen-bond donors (Lipinski definition) is 1. The topological polar surface area (TPSA) is 64.9 Å². The molecule has 0 bridgehead atoms. The van der Waals surface area contributed by atoms with E-state index < -0.39 is 0 Å². The molecule has 0 radical (unpaired) electrons. The highest BCUT2D eigenvalue weighted by molar-refractivity contribution is 5.36. The van der Waals surface area contributed by atoms with E-state index in [1.54, 1.807) is 11.8 Å². The molecular formula is C13H18FN5O. The Morgan fingerprint density at radius 3 is 2.90 bits per heavy atom. The molecule has 1 N–H and O–H groups in total. The van der Waals surface area contributed by atoms with Gasteiger partial charge in [0.05, 0.1) is 18.3 Å². The Morgan fingerprint density at radius 2 is 2.20 bits per heavy atom. The van der Waals surface area contributed by atoms with Crippen LogP contribution in [0.25, 0.3) is 5.69 Å². The summed E-state index contributed by atoms with van der Waals surface area (Å²) in [4.78, 5) is 0. The minimum atomic E-state index is -0.304. The number of rotatable bonds is 6. The summed E-state index contributed by atoms with van der Waals surface area (Å²) in [7, 11) is 1.64. The van der Waals surface area contributed by atoms with Gasteiger partial charge in [-0.25, -0.2) is 4.39 Å². The Labute approximate surface area is 116 Å². The second-order valence-corrected chi connectivity index (χ2v) is 4.60. The molecule has 0 saturated carbocycles. The van der Waals surface area contributed by atoms with Gasteiger partial charge in [-0.05, 0) is 48.0 Å². The molecule has 1 aromatic heterocycles. The Kier molecular flexibility index (Phi) is 4.75. The molecule has 108 valence electrons. The van der Waals surface area contributed by atoms with Crippen molar-refractivity contribution in [3.05, 3.63) is 35.4 Å². The number of aromatic nitrogens is 4. The first-order valence-electron chi connectivity index (χ1n) is 6.40. The zero-order valence-corrected chi connectivity index (χ0v) is 11.8. The molecule has 20 heavy (non-hydrogen) atoms. The molecule has 7 heteroatoms. The van der Waals surface area contributed by atoms with Crippen LogP contribution in [0.4, 0.5) is 4.39 Å². The first-order valence-corrected chi connectivity index (χ1v) is 6.40. The fourth-order valence-electron chi connectivity index (χ4n) is 1.96. The lowest BCUT2D eigenvalue weighted by Gasteiger charge is -2.13. The molecule has 1 heterocycles. The van der Waals surface area contributed by atoms with Crippen molar-refractivity contribution in [3.63, 3.8) is 0 Å². The van der Waals surface area contributed by atoms with Gasteiger partial charge in [-0.2, -0.15) is 4.68 Å². The Balaban J connectivity index is 2.23. The number of nitrogens with one attached hydrogen (secondary N) is 1. The number of methoxy groups -OCH3 is 1. The van der Waals surface area contributed by atoms with Crippen LogP contribution in [0.1, 0.15) is 24.4 Å². The van der Waals surface area contributed by atoms with Crippen molar-refractivity contribution in [2.24, 2.45) is 0 Å². The first-order chi connectivity index (χ1) is 9.61. The normalized spacial score (nSPS) is 12.6. The van der Waals surface area contributed by atoms with E-state index >= 15 is 0 Å². The number of halogens is 1. The summed E-state index contributed by atoms with van der Waals surface area (Å²) in [5.74, 6) is 0.326. The van der Waals surface area contributed by atoms with E-state index in [-0.39, 0.29) is 11.9 Å². The molecule has 1 unspecified atom stereocenters. The number of tetrazole rings is 1. The van der Waals surface area contributed by atoms with Crippen LogP contribution in [0.15, 0.2) is 18.2 Å². The number of nitrogens with zero attached hydrogens (tertiary/aromatic N) is 4. The molecule has 2 aromatic rings. The van der Waals surface area contributed by atoms with Crippen LogP contribution in [0.2, 0.25) is 0 Å². The van der Waals surface area contributed by atoms with Crippen molar-refractivity contribution in [1.29, 1.82) is 0 Å². The Bertz CT molecular complexity index is 551. The molecule has 6 nitrogen and oxygen atoms in total. The van der Waals surface area contributed by atoms with Crippen LogP contribution in [0.3, 0.4) is 0 Å². The summed E-state index contributed by atoms with van der Waals surface area (Å²) in [5, 5.41) is 14.9. The van der Waals surface area contributed by atoms with E-state index in [4.69, 9.17) is 4.74 Å². The Morgan fingerprint density at radius 1 is 1.40 bits per heavy atom. The van der Waals surface area contributed by atoms with Crippen LogP contribution in [0.5, 0.6) is 0 Å². The van der Waals surface area contributed by atoms with E-state index in [1.165, 1.54) is 12.1 Å². The van der Waals surface area contributed by atoms with Gasteiger partial charge in [-0.15, -0.1) is 5.10 Å². The maximum atomic E-state index is 13.5. The standard InChI is InChI=1S/C13H18FN5O/c1-9-6-11(14)8-12(7-9)19-13(16-17-18-19)10(2)15-4-5-20-3/h6-8,10,15H,4-5H2,1-3H3. The maximum absolute atomic E-state index is 13.5. The quantitative estimate of drug-likeness (QED) is 0.810. The molecule has 0 spiro atoms. The molecule has 0 saturated heterocycles. The third kappa shape index (κ3) is 3.37. The molecule has 2 rings (SSSR count). The summed E-state index contributed by atoms with van der Waals surface area (Å²) in [6.45, 7) is 5.07. The average molecular weight is 279 g/mol. The van der Waals surface area contributed by atoms with Gasteiger partial charge in [0.2, 0.25) is 0 Å². The lowest BCUT2D eigenvalue weighted by atomic mass is 10.2. The minimum Gasteiger partial charge on any atom is -0.383 e. The zero-order valence-electron chi connectivity index (χ0n) is 11.8. The second-order valence-electron chi connectivity index (χ2n) is 4.60. The summed E-state index contributed by atoms with van der Waals surface area (Å²) < 4.78 is 20.0. The van der Waals surface area contributed by atoms with Crippen molar-refractivity contribution in [3.8, 4) is 5.69 Å². The predicted octanol–water partition coefficient (Wildman–Crippen LogP) is 1.41. The van der Waals surface area contributed by atoms with Gasteiger partial charge in [0.1, 0.15) is 5.82 Å². The van der Waals surface area contributed by atoms with Crippen LogP contribution in [0, 0.1) is 12.7 Å². The van der Waals surface area contributed by atoms with Gasteiger partial charge in [0, 0.05) is 13.7 Å². The average Bonchev–Trinajstić information content (AvgIpc) is 2.87. The number of ether oxygens (including phenoxy) is 1. The summed E-state index contributed by atoms with van der Waals surface area (Å²) in [5.41, 5.74) is 1.43. The highest BCUT2D eigenvalue weighted by atomic mass is 19.1. The van der Waals surface area contributed by atoms with Crippen molar-refractivity contribution in [2.75, 3.05) is 20.3 Å². The molecule has 0 aliphatic heterocycles. The molecule has 0 fully saturated rings. The van der Waals surface area contributed by atoms with Crippen LogP contribution in [-0.4, -0.2) is 40.5 Å². The van der Waals surface area contributed by atoms with Crippen LogP contribution >= 0.6 is 0 Å². The monoisotopic (exact) mass is 279 g/mol. The van der Waals surface area contributed by atoms with E-state index in [0.29, 0.717) is 24.7 Å². The largest absolute Gasteiger partial charge is 0.383 e. The van der Waals surface area contributed by atoms with Gasteiger partial charge < -0.3 is 10.1 Å². The lowest BCUT2D eigenvalue weighted by Crippen LogP contribution is -2.25. The van der Waals surface area contributed by atoms with Gasteiger partial charge in [0.25, 0.3) is 0 Å². The second kappa shape index (κ2) is 6.53. The van der Waals surface area contributed by atoms with E-state index in [1.807, 2.05) is 19.9 Å². The molecule has 0 aliphatic rings. The van der Waals surface area contributed by atoms with Crippen molar-refractivity contribution < 1.29 is 9.13 Å². The van der Waals surface area contributed by atoms with Crippen LogP contribution in [-0.2, 0) is 4.74 Å². The maximum Gasteiger partial charge on any atom is 0.173 e. The zero-order chi connectivity index (χ0) is 14.5. The summed E-state index contributed by atoms with van der Waals surface area (Å²) >= 11 is 0. The summed E-state index contributed by atoms with van der Waals surface area (Å²) in [6, 6.07) is 4.65. The summed E-state index contributed by atoms with van der Waals surface area (Å²) in [6.07, 6.45) is 0. The molecule has 1 atom stereocenters. The fraction of sp³-hybridized carbons (Fsp3) is 0.462. The lowest BCUT2D eigenvalue weighted by molar-refractivity contribution is 0.196. The van der Waals surface area contributed by atoms with E-state index in [0.717, 1.165) is 5.56 Å². The molecule has 0 amide bonds. The Hall–Kier alpha value is -1.86. The highest BCUT2D eigenvalue weighted by Gasteiger charge is 2.15. The minimum absolute atomic E-state index is 0.0660. The van der Waals surface area contributed by atoms with Gasteiger partial charge in [0.15, 0.2) is 5.82 Å². The van der Waals surface area contributed by atoms with Crippen molar-refractivity contribution in [2.45, 2.75) is 19.9 Å². The van der Waals surface area contributed by atoms with E-state index in [9.17, 15) is 4.39 Å². The van der Waals surface area contributed by atoms with Crippen LogP contribution < -0.4 is 5.32 Å². The van der Waals surface area contributed by atoms with Gasteiger partial charge in [-0.3, -0.25) is 0 Å². The number of aryl methyl sites for hydroxylation is 1. The van der Waals surface area contributed by atoms with Crippen molar-refractivity contribution >= 4 is 0 Å². The highest BCUT2D eigenvalue weighted by Crippen LogP contribution is 2.16. The predicted molar refractivity (Wildman–Crippen MR) is 72.1 cm³/mol. The number of benzene rings is 1. The van der Waals surface area contributed by atoms with Gasteiger partial charge >= 0.3 is 0 Å². The first kappa shape index (κ1) is 14.5. The smallest absolute Gasteiger partial charge is 0.173 e.